The third-order valence-corrected chi connectivity index (χ3v) is 5.77. The molecule has 0 aliphatic heterocycles. The van der Waals surface area contributed by atoms with Gasteiger partial charge in [0.1, 0.15) is 28.5 Å². The van der Waals surface area contributed by atoms with E-state index in [1.165, 1.54) is 6.07 Å². The number of nitrogens with zero attached hydrogens (tertiary/aromatic N) is 3. The van der Waals surface area contributed by atoms with Crippen molar-refractivity contribution < 1.29 is 14.2 Å². The lowest BCUT2D eigenvalue weighted by Crippen LogP contribution is -1.89. The van der Waals surface area contributed by atoms with Gasteiger partial charge in [-0.15, -0.1) is 0 Å². The fourth-order valence-corrected chi connectivity index (χ4v) is 4.18. The van der Waals surface area contributed by atoms with Crippen LogP contribution in [-0.2, 0) is 0 Å². The number of benzene rings is 2. The summed E-state index contributed by atoms with van der Waals surface area (Å²) in [4.78, 5) is 12.5. The minimum absolute atomic E-state index is 0.121. The summed E-state index contributed by atoms with van der Waals surface area (Å²) >= 11 is 0. The first kappa shape index (κ1) is 19.9. The molecular weight excluding hydrogens is 433 g/mol. The molecule has 0 spiro atoms. The molecule has 6 rings (SSSR count). The average Bonchev–Trinajstić information content (AvgIpc) is 3.46. The third-order valence-electron chi connectivity index (χ3n) is 5.77. The average molecular weight is 451 g/mol. The molecule has 0 unspecified atom stereocenters. The number of hydrogen-bond acceptors (Lipinski definition) is 5. The molecule has 0 amide bonds. The molecule has 0 radical (unpaired) electrons. The van der Waals surface area contributed by atoms with Gasteiger partial charge >= 0.3 is 0 Å². The molecule has 166 valence electrons. The highest BCUT2D eigenvalue weighted by Crippen LogP contribution is 2.35. The van der Waals surface area contributed by atoms with Crippen LogP contribution < -0.4 is 4.74 Å². The van der Waals surface area contributed by atoms with Gasteiger partial charge in [0, 0.05) is 28.7 Å². The van der Waals surface area contributed by atoms with E-state index in [1.807, 2.05) is 42.5 Å². The second kappa shape index (κ2) is 7.70. The lowest BCUT2D eigenvalue weighted by Gasteiger charge is -2.05. The minimum atomic E-state index is -0.496. The molecule has 34 heavy (non-hydrogen) atoms. The molecule has 0 saturated carbocycles. The molecule has 2 aromatic carbocycles. The molecule has 0 bridgehead atoms. The van der Waals surface area contributed by atoms with Crippen LogP contribution in [0.15, 0.2) is 73.1 Å². The van der Waals surface area contributed by atoms with E-state index in [2.05, 4.69) is 20.2 Å². The van der Waals surface area contributed by atoms with E-state index in [9.17, 15) is 9.50 Å². The van der Waals surface area contributed by atoms with E-state index in [0.29, 0.717) is 22.5 Å². The minimum Gasteiger partial charge on any atom is -0.508 e. The number of rotatable bonds is 4. The summed E-state index contributed by atoms with van der Waals surface area (Å²) in [5.41, 5.74) is 6.75. The zero-order valence-electron chi connectivity index (χ0n) is 18.0. The smallest absolute Gasteiger partial charge is 0.137 e. The molecule has 4 aromatic heterocycles. The zero-order chi connectivity index (χ0) is 23.2. The highest BCUT2D eigenvalue weighted by Gasteiger charge is 2.16. The van der Waals surface area contributed by atoms with Crippen LogP contribution in [0.3, 0.4) is 0 Å². The quantitative estimate of drug-likeness (QED) is 0.320. The Morgan fingerprint density at radius 3 is 2.71 bits per heavy atom. The van der Waals surface area contributed by atoms with E-state index >= 15 is 0 Å². The summed E-state index contributed by atoms with van der Waals surface area (Å²) < 4.78 is 19.2. The number of fused-ring (bicyclic) bond motifs is 2. The van der Waals surface area contributed by atoms with Crippen molar-refractivity contribution in [2.45, 2.75) is 0 Å². The van der Waals surface area contributed by atoms with Gasteiger partial charge in [-0.2, -0.15) is 5.10 Å². The number of halogens is 1. The fourth-order valence-electron chi connectivity index (χ4n) is 4.18. The van der Waals surface area contributed by atoms with Crippen molar-refractivity contribution in [3.05, 3.63) is 78.9 Å². The summed E-state index contributed by atoms with van der Waals surface area (Å²) in [7, 11) is 1.60. The molecule has 0 aliphatic carbocycles. The Hall–Kier alpha value is -4.72. The molecule has 4 heterocycles. The van der Waals surface area contributed by atoms with Crippen molar-refractivity contribution in [2.75, 3.05) is 7.11 Å². The Kier molecular flexibility index (Phi) is 4.51. The lowest BCUT2D eigenvalue weighted by atomic mass is 10.0. The monoisotopic (exact) mass is 451 g/mol. The van der Waals surface area contributed by atoms with Crippen LogP contribution in [0.2, 0.25) is 0 Å². The van der Waals surface area contributed by atoms with Crippen LogP contribution in [-0.4, -0.2) is 37.4 Å². The standard InChI is InChI=1S/C26H18FN5O2/c1-34-18-9-15(12-28-13-18)21-5-6-23-25(30-21)26(32-31-23)24-11-20-19(3-2-4-22(20)29-24)14-7-16(27)10-17(33)8-14/h2-13,29,33H,1H3,(H,31,32). The summed E-state index contributed by atoms with van der Waals surface area (Å²) in [6.45, 7) is 0. The molecular formula is C26H18FN5O2. The van der Waals surface area contributed by atoms with Gasteiger partial charge in [0.15, 0.2) is 0 Å². The number of aromatic nitrogens is 5. The van der Waals surface area contributed by atoms with Gasteiger partial charge < -0.3 is 14.8 Å². The number of ether oxygens (including phenoxy) is 1. The molecule has 0 saturated heterocycles. The van der Waals surface area contributed by atoms with Gasteiger partial charge in [-0.05, 0) is 53.6 Å². The van der Waals surface area contributed by atoms with Crippen molar-refractivity contribution in [3.8, 4) is 45.3 Å². The molecule has 0 atom stereocenters. The predicted molar refractivity (Wildman–Crippen MR) is 128 cm³/mol. The number of H-pyrrole nitrogens is 2. The van der Waals surface area contributed by atoms with Gasteiger partial charge in [-0.3, -0.25) is 10.1 Å². The van der Waals surface area contributed by atoms with E-state index in [-0.39, 0.29) is 5.75 Å². The Balaban J connectivity index is 1.49. The van der Waals surface area contributed by atoms with Gasteiger partial charge in [0.2, 0.25) is 0 Å². The van der Waals surface area contributed by atoms with E-state index < -0.39 is 5.82 Å². The van der Waals surface area contributed by atoms with Crippen LogP contribution in [0, 0.1) is 5.82 Å². The topological polar surface area (TPSA) is 99.7 Å². The molecule has 0 fully saturated rings. The summed E-state index contributed by atoms with van der Waals surface area (Å²) in [6, 6.07) is 17.4. The number of aromatic amines is 2. The first-order chi connectivity index (χ1) is 16.6. The number of nitrogens with one attached hydrogen (secondary N) is 2. The number of methoxy groups -OCH3 is 1. The second-order valence-corrected chi connectivity index (χ2v) is 7.93. The molecule has 6 aromatic rings. The summed E-state index contributed by atoms with van der Waals surface area (Å²) in [5, 5.41) is 18.3. The lowest BCUT2D eigenvalue weighted by molar-refractivity contribution is 0.413. The van der Waals surface area contributed by atoms with Gasteiger partial charge in [-0.1, -0.05) is 12.1 Å². The predicted octanol–water partition coefficient (Wildman–Crippen LogP) is 5.69. The van der Waals surface area contributed by atoms with E-state index in [0.717, 1.165) is 45.0 Å². The highest BCUT2D eigenvalue weighted by molar-refractivity contribution is 6.00. The number of hydrogen-bond donors (Lipinski definition) is 3. The molecule has 7 nitrogen and oxygen atoms in total. The fraction of sp³-hybridized carbons (Fsp3) is 0.0385. The first-order valence-corrected chi connectivity index (χ1v) is 10.6. The maximum Gasteiger partial charge on any atom is 0.137 e. The van der Waals surface area contributed by atoms with Gasteiger partial charge in [-0.25, -0.2) is 9.37 Å². The van der Waals surface area contributed by atoms with E-state index in [1.54, 1.807) is 25.6 Å². The largest absolute Gasteiger partial charge is 0.508 e. The van der Waals surface area contributed by atoms with Crippen molar-refractivity contribution in [3.63, 3.8) is 0 Å². The van der Waals surface area contributed by atoms with Gasteiger partial charge in [0.05, 0.1) is 30.2 Å². The normalized spacial score (nSPS) is 11.4. The van der Waals surface area contributed by atoms with Crippen molar-refractivity contribution in [1.29, 1.82) is 0 Å². The second-order valence-electron chi connectivity index (χ2n) is 7.93. The Morgan fingerprint density at radius 2 is 1.85 bits per heavy atom. The third kappa shape index (κ3) is 3.32. The Bertz CT molecular complexity index is 1670. The maximum atomic E-state index is 13.9. The Labute approximate surface area is 192 Å². The van der Waals surface area contributed by atoms with Crippen LogP contribution in [0.5, 0.6) is 11.5 Å². The van der Waals surface area contributed by atoms with E-state index in [4.69, 9.17) is 9.72 Å². The molecule has 0 aliphatic rings. The first-order valence-electron chi connectivity index (χ1n) is 10.6. The van der Waals surface area contributed by atoms with Crippen LogP contribution in [0.1, 0.15) is 0 Å². The SMILES string of the molecule is COc1cncc(-c2ccc3[nH]nc(-c4cc5c(-c6cc(O)cc(F)c6)cccc5[nH]4)c3n2)c1. The molecule has 3 N–H and O–H groups in total. The number of phenols is 1. The maximum absolute atomic E-state index is 13.9. The molecule has 8 heteroatoms. The number of aromatic hydroxyl groups is 1. The number of phenolic OH excluding ortho intramolecular Hbond substituents is 1. The van der Waals surface area contributed by atoms with Crippen LogP contribution in [0.4, 0.5) is 4.39 Å². The van der Waals surface area contributed by atoms with Crippen LogP contribution in [0.25, 0.3) is 55.7 Å². The van der Waals surface area contributed by atoms with Crippen LogP contribution >= 0.6 is 0 Å². The number of pyridine rings is 2. The summed E-state index contributed by atoms with van der Waals surface area (Å²) in [5.74, 6) is 0.0352. The van der Waals surface area contributed by atoms with Crippen molar-refractivity contribution in [1.82, 2.24) is 25.1 Å². The Morgan fingerprint density at radius 1 is 0.941 bits per heavy atom. The van der Waals surface area contributed by atoms with Crippen molar-refractivity contribution in [2.24, 2.45) is 0 Å². The van der Waals surface area contributed by atoms with Gasteiger partial charge in [0.25, 0.3) is 0 Å². The zero-order valence-corrected chi connectivity index (χ0v) is 18.0. The summed E-state index contributed by atoms with van der Waals surface area (Å²) in [6.07, 6.45) is 3.38. The highest BCUT2D eigenvalue weighted by atomic mass is 19.1. The van der Waals surface area contributed by atoms with Crippen molar-refractivity contribution >= 4 is 21.9 Å².